The van der Waals surface area contributed by atoms with Gasteiger partial charge in [-0.25, -0.2) is 0 Å². The van der Waals surface area contributed by atoms with E-state index in [-0.39, 0.29) is 17.1 Å². The molecule has 0 bridgehead atoms. The summed E-state index contributed by atoms with van der Waals surface area (Å²) in [6.45, 7) is 14.8. The topological polar surface area (TPSA) is 96.4 Å². The standard InChI is InChI=1S/4C7H10NO.Cu/c4*1-6-4-3-5-7(2)8(6)9;/h4*3-5,9H,1-2H3;/q4*+1;+2. The van der Waals surface area contributed by atoms with Crippen molar-refractivity contribution in [1.82, 2.24) is 0 Å². The Labute approximate surface area is 230 Å². The van der Waals surface area contributed by atoms with Gasteiger partial charge in [0.25, 0.3) is 0 Å². The molecule has 37 heavy (non-hydrogen) atoms. The van der Waals surface area contributed by atoms with Gasteiger partial charge in [-0.2, -0.15) is 0 Å². The van der Waals surface area contributed by atoms with Crippen LogP contribution in [0.15, 0.2) is 72.8 Å². The van der Waals surface area contributed by atoms with Gasteiger partial charge < -0.3 is 0 Å². The normalized spacial score (nSPS) is 9.30. The molecule has 4 heterocycles. The van der Waals surface area contributed by atoms with Crippen molar-refractivity contribution >= 4 is 0 Å². The maximum Gasteiger partial charge on any atom is 2.00 e. The van der Waals surface area contributed by atoms with Crippen molar-refractivity contribution in [2.45, 2.75) is 55.4 Å². The third-order valence-electron chi connectivity index (χ3n) is 5.37. The van der Waals surface area contributed by atoms with E-state index in [2.05, 4.69) is 0 Å². The molecule has 1 radical (unpaired) electrons. The molecule has 0 fully saturated rings. The fourth-order valence-corrected chi connectivity index (χ4v) is 2.98. The van der Waals surface area contributed by atoms with Gasteiger partial charge in [0.15, 0.2) is 0 Å². The molecule has 4 aromatic rings. The quantitative estimate of drug-likeness (QED) is 0.151. The first-order valence-electron chi connectivity index (χ1n) is 11.6. The predicted octanol–water partition coefficient (Wildman–Crippen LogP) is 3.31. The van der Waals surface area contributed by atoms with E-state index < -0.39 is 0 Å². The number of hydrogen-bond donors (Lipinski definition) is 4. The van der Waals surface area contributed by atoms with Crippen LogP contribution >= 0.6 is 0 Å². The number of pyridine rings is 4. The molecule has 4 aromatic heterocycles. The van der Waals surface area contributed by atoms with E-state index in [1.54, 1.807) is 0 Å². The molecule has 4 rings (SSSR count). The summed E-state index contributed by atoms with van der Waals surface area (Å²) in [5, 5.41) is 36.5. The Morgan fingerprint density at radius 3 is 0.514 bits per heavy atom. The summed E-state index contributed by atoms with van der Waals surface area (Å²) in [5.74, 6) is 0. The summed E-state index contributed by atoms with van der Waals surface area (Å²) in [5.41, 5.74) is 6.85. The maximum absolute atomic E-state index is 9.12. The summed E-state index contributed by atoms with van der Waals surface area (Å²) in [4.78, 5) is 0. The van der Waals surface area contributed by atoms with Gasteiger partial charge in [-0.05, 0) is 24.3 Å². The van der Waals surface area contributed by atoms with Crippen LogP contribution in [0.5, 0.6) is 0 Å². The second-order valence-corrected chi connectivity index (χ2v) is 8.48. The average molecular weight is 560 g/mol. The summed E-state index contributed by atoms with van der Waals surface area (Å²) < 4.78 is 4.67. The molecule has 9 heteroatoms. The minimum atomic E-state index is 0. The number of nitrogens with zero attached hydrogens (tertiary/aromatic N) is 4. The predicted molar refractivity (Wildman–Crippen MR) is 133 cm³/mol. The smallest absolute Gasteiger partial charge is 0.285 e. The number of hydrogen-bond acceptors (Lipinski definition) is 4. The summed E-state index contributed by atoms with van der Waals surface area (Å²) in [6, 6.07) is 22.5. The van der Waals surface area contributed by atoms with E-state index >= 15 is 0 Å². The minimum Gasteiger partial charge on any atom is -0.285 e. The van der Waals surface area contributed by atoms with E-state index in [9.17, 15) is 0 Å². The van der Waals surface area contributed by atoms with Gasteiger partial charge in [0.1, 0.15) is 0 Å². The molecule has 8 nitrogen and oxygen atoms in total. The minimum absolute atomic E-state index is 0. The molecular formula is C28H40CuN4O4+6. The van der Waals surface area contributed by atoms with Crippen LogP contribution in [0.4, 0.5) is 0 Å². The summed E-state index contributed by atoms with van der Waals surface area (Å²) in [6.07, 6.45) is 0. The van der Waals surface area contributed by atoms with Crippen molar-refractivity contribution in [2.75, 3.05) is 0 Å². The number of rotatable bonds is 0. The fraction of sp³-hybridized carbons (Fsp3) is 0.286. The molecule has 0 aromatic carbocycles. The van der Waals surface area contributed by atoms with Crippen molar-refractivity contribution in [1.29, 1.82) is 0 Å². The van der Waals surface area contributed by atoms with Crippen LogP contribution in [0.25, 0.3) is 0 Å². The van der Waals surface area contributed by atoms with Gasteiger partial charge in [0, 0.05) is 123 Å². The van der Waals surface area contributed by atoms with E-state index in [4.69, 9.17) is 20.8 Å². The first-order valence-corrected chi connectivity index (χ1v) is 11.6. The van der Waals surface area contributed by atoms with E-state index in [0.29, 0.717) is 0 Å². The van der Waals surface area contributed by atoms with E-state index in [1.165, 1.54) is 18.9 Å². The van der Waals surface area contributed by atoms with Crippen molar-refractivity contribution in [2.24, 2.45) is 0 Å². The molecule has 0 aliphatic carbocycles. The molecule has 0 saturated heterocycles. The monoisotopic (exact) mass is 559 g/mol. The van der Waals surface area contributed by atoms with Crippen LogP contribution in [-0.2, 0) is 17.1 Å². The second kappa shape index (κ2) is 16.1. The molecule has 0 atom stereocenters. The molecule has 0 amide bonds. The Balaban J connectivity index is 0.000000463. The molecule has 0 saturated carbocycles. The molecule has 4 N–H and O–H groups in total. The first-order chi connectivity index (χ1) is 16.9. The van der Waals surface area contributed by atoms with Crippen molar-refractivity contribution < 1.29 is 56.8 Å². The van der Waals surface area contributed by atoms with Crippen molar-refractivity contribution in [3.63, 3.8) is 0 Å². The van der Waals surface area contributed by atoms with Gasteiger partial charge in [-0.1, -0.05) is 0 Å². The second-order valence-electron chi connectivity index (χ2n) is 8.48. The largest absolute Gasteiger partial charge is 2.00 e. The Kier molecular flexibility index (Phi) is 14.5. The number of aromatic nitrogens is 4. The third-order valence-corrected chi connectivity index (χ3v) is 5.37. The van der Waals surface area contributed by atoms with Crippen LogP contribution in [0, 0.1) is 55.4 Å². The molecule has 201 valence electrons. The Morgan fingerprint density at radius 2 is 0.432 bits per heavy atom. The van der Waals surface area contributed by atoms with Gasteiger partial charge in [0.2, 0.25) is 45.6 Å². The fourth-order valence-electron chi connectivity index (χ4n) is 2.98. The Hall–Kier alpha value is -3.68. The van der Waals surface area contributed by atoms with E-state index in [1.807, 2.05) is 128 Å². The van der Waals surface area contributed by atoms with Gasteiger partial charge in [-0.15, -0.1) is 0 Å². The molecule has 0 aliphatic heterocycles. The van der Waals surface area contributed by atoms with Gasteiger partial charge >= 0.3 is 17.1 Å². The van der Waals surface area contributed by atoms with Crippen molar-refractivity contribution in [3.8, 4) is 0 Å². The maximum atomic E-state index is 9.12. The van der Waals surface area contributed by atoms with Gasteiger partial charge in [-0.3, -0.25) is 20.8 Å². The Bertz CT molecular complexity index is 1000. The molecule has 0 aliphatic rings. The first kappa shape index (κ1) is 33.3. The van der Waals surface area contributed by atoms with Crippen LogP contribution in [0.2, 0.25) is 0 Å². The van der Waals surface area contributed by atoms with Crippen LogP contribution in [-0.4, -0.2) is 20.8 Å². The van der Waals surface area contributed by atoms with Crippen LogP contribution in [0.3, 0.4) is 0 Å². The van der Waals surface area contributed by atoms with Crippen molar-refractivity contribution in [3.05, 3.63) is 118 Å². The summed E-state index contributed by atoms with van der Waals surface area (Å²) >= 11 is 0. The zero-order chi connectivity index (χ0) is 27.4. The number of aryl methyl sites for hydroxylation is 8. The SMILES string of the molecule is Cc1cccc(C)[n+]1O.Cc1cccc(C)[n+]1O.Cc1cccc(C)[n+]1O.Cc1cccc(C)[n+]1O.[Cu+2]. The van der Waals surface area contributed by atoms with Gasteiger partial charge in [0.05, 0.1) is 0 Å². The van der Waals surface area contributed by atoms with Crippen LogP contribution in [0.1, 0.15) is 45.6 Å². The molecule has 0 spiro atoms. The van der Waals surface area contributed by atoms with Crippen LogP contribution < -0.4 is 18.9 Å². The van der Waals surface area contributed by atoms with E-state index in [0.717, 1.165) is 45.6 Å². The summed E-state index contributed by atoms with van der Waals surface area (Å²) in [7, 11) is 0. The third kappa shape index (κ3) is 10.9. The molecule has 0 unspecified atom stereocenters. The zero-order valence-corrected chi connectivity index (χ0v) is 23.7. The Morgan fingerprint density at radius 1 is 0.324 bits per heavy atom. The average Bonchev–Trinajstić information content (AvgIpc) is 2.84. The zero-order valence-electron chi connectivity index (χ0n) is 22.8. The molecular weight excluding hydrogens is 520 g/mol.